The molecule has 6 heteroatoms. The largest absolute Gasteiger partial charge is 0.322 e. The van der Waals surface area contributed by atoms with Crippen molar-refractivity contribution in [2.45, 2.75) is 25.7 Å². The van der Waals surface area contributed by atoms with Crippen molar-refractivity contribution in [3.05, 3.63) is 89.0 Å². The van der Waals surface area contributed by atoms with E-state index in [9.17, 15) is 13.2 Å². The molecule has 0 radical (unpaired) electrons. The highest BCUT2D eigenvalue weighted by molar-refractivity contribution is 7.92. The number of anilines is 2. The number of carbonyl (C=O) groups excluding carboxylic acids is 1. The molecule has 0 aromatic heterocycles. The molecule has 0 fully saturated rings. The summed E-state index contributed by atoms with van der Waals surface area (Å²) in [6.45, 7) is 5.67. The average molecular weight is 394 g/mol. The Morgan fingerprint density at radius 2 is 1.50 bits per heavy atom. The van der Waals surface area contributed by atoms with Gasteiger partial charge in [0, 0.05) is 11.3 Å². The second kappa shape index (κ2) is 7.86. The van der Waals surface area contributed by atoms with Crippen LogP contribution < -0.4 is 10.0 Å². The van der Waals surface area contributed by atoms with E-state index in [-0.39, 0.29) is 10.8 Å². The van der Waals surface area contributed by atoms with E-state index >= 15 is 0 Å². The van der Waals surface area contributed by atoms with Crippen molar-refractivity contribution in [1.29, 1.82) is 0 Å². The molecule has 0 saturated carbocycles. The summed E-state index contributed by atoms with van der Waals surface area (Å²) in [6.07, 6.45) is 0. The van der Waals surface area contributed by atoms with Crippen molar-refractivity contribution < 1.29 is 13.2 Å². The molecular formula is C22H22N2O3S. The second-order valence-electron chi connectivity index (χ2n) is 6.77. The Bertz CT molecular complexity index is 1120. The van der Waals surface area contributed by atoms with E-state index in [1.807, 2.05) is 45.0 Å². The van der Waals surface area contributed by atoms with Crippen molar-refractivity contribution in [3.8, 4) is 0 Å². The molecule has 0 aliphatic carbocycles. The van der Waals surface area contributed by atoms with Crippen LogP contribution in [0.15, 0.2) is 71.6 Å². The van der Waals surface area contributed by atoms with Gasteiger partial charge in [0.05, 0.1) is 10.6 Å². The average Bonchev–Trinajstić information content (AvgIpc) is 2.65. The summed E-state index contributed by atoms with van der Waals surface area (Å²) in [7, 11) is -3.72. The van der Waals surface area contributed by atoms with Crippen molar-refractivity contribution in [2.24, 2.45) is 0 Å². The Morgan fingerprint density at radius 1 is 0.821 bits per heavy atom. The van der Waals surface area contributed by atoms with Crippen LogP contribution >= 0.6 is 0 Å². The topological polar surface area (TPSA) is 75.3 Å². The fraction of sp³-hybridized carbons (Fsp3) is 0.136. The molecule has 5 nitrogen and oxygen atoms in total. The highest BCUT2D eigenvalue weighted by atomic mass is 32.2. The van der Waals surface area contributed by atoms with Gasteiger partial charge in [0.1, 0.15) is 0 Å². The molecule has 3 rings (SSSR count). The lowest BCUT2D eigenvalue weighted by molar-refractivity contribution is 0.102. The summed E-state index contributed by atoms with van der Waals surface area (Å²) in [5.74, 6) is -0.243. The number of aryl methyl sites for hydroxylation is 3. The molecular weight excluding hydrogens is 372 g/mol. The number of amides is 1. The fourth-order valence-electron chi connectivity index (χ4n) is 2.76. The minimum atomic E-state index is -3.72. The fourth-order valence-corrected chi connectivity index (χ4v) is 3.88. The number of benzene rings is 3. The quantitative estimate of drug-likeness (QED) is 0.661. The van der Waals surface area contributed by atoms with E-state index in [1.165, 1.54) is 12.1 Å². The highest BCUT2D eigenvalue weighted by Crippen LogP contribution is 2.22. The Hall–Kier alpha value is -3.12. The number of hydrogen-bond acceptors (Lipinski definition) is 3. The monoisotopic (exact) mass is 394 g/mol. The summed E-state index contributed by atoms with van der Waals surface area (Å²) in [5, 5.41) is 2.78. The number of rotatable bonds is 5. The first-order chi connectivity index (χ1) is 13.2. The Kier molecular flexibility index (Phi) is 5.51. The minimum absolute atomic E-state index is 0.127. The third-order valence-electron chi connectivity index (χ3n) is 4.34. The molecule has 144 valence electrons. The normalized spacial score (nSPS) is 11.1. The molecule has 0 atom stereocenters. The zero-order chi connectivity index (χ0) is 20.3. The molecule has 0 saturated heterocycles. The Balaban J connectivity index is 1.76. The third-order valence-corrected chi connectivity index (χ3v) is 5.72. The Labute approximate surface area is 165 Å². The molecule has 0 aliphatic heterocycles. The van der Waals surface area contributed by atoms with Gasteiger partial charge < -0.3 is 5.32 Å². The van der Waals surface area contributed by atoms with Crippen LogP contribution in [0.4, 0.5) is 11.4 Å². The van der Waals surface area contributed by atoms with Crippen LogP contribution in [0.2, 0.25) is 0 Å². The molecule has 0 aliphatic rings. The van der Waals surface area contributed by atoms with E-state index in [2.05, 4.69) is 10.0 Å². The van der Waals surface area contributed by atoms with Crippen molar-refractivity contribution in [3.63, 3.8) is 0 Å². The lowest BCUT2D eigenvalue weighted by Crippen LogP contribution is -2.15. The maximum atomic E-state index is 12.7. The van der Waals surface area contributed by atoms with Crippen molar-refractivity contribution in [2.75, 3.05) is 10.0 Å². The molecule has 3 aromatic carbocycles. The van der Waals surface area contributed by atoms with Crippen LogP contribution in [0.1, 0.15) is 27.0 Å². The smallest absolute Gasteiger partial charge is 0.261 e. The number of carbonyl (C=O) groups is 1. The standard InChI is InChI=1S/C22H22N2O3S/c1-15-5-4-6-18(13-15)22(25)23-19-9-11-20(12-10-19)28(26,27)24-21-14-16(2)7-8-17(21)3/h4-14,24H,1-3H3,(H,23,25). The van der Waals surface area contributed by atoms with Crippen LogP contribution in [0.5, 0.6) is 0 Å². The summed E-state index contributed by atoms with van der Waals surface area (Å²) < 4.78 is 27.9. The van der Waals surface area contributed by atoms with Gasteiger partial charge >= 0.3 is 0 Å². The van der Waals surface area contributed by atoms with Crippen LogP contribution in [-0.4, -0.2) is 14.3 Å². The van der Waals surface area contributed by atoms with Crippen LogP contribution in [0.25, 0.3) is 0 Å². The van der Waals surface area contributed by atoms with Crippen LogP contribution in [0, 0.1) is 20.8 Å². The van der Waals surface area contributed by atoms with Gasteiger partial charge in [-0.15, -0.1) is 0 Å². The number of sulfonamides is 1. The predicted octanol–water partition coefficient (Wildman–Crippen LogP) is 4.66. The first-order valence-electron chi connectivity index (χ1n) is 8.83. The van der Waals surface area contributed by atoms with Crippen molar-refractivity contribution >= 4 is 27.3 Å². The zero-order valence-corrected chi connectivity index (χ0v) is 16.8. The van der Waals surface area contributed by atoms with E-state index in [0.29, 0.717) is 16.9 Å². The van der Waals surface area contributed by atoms with Gasteiger partial charge in [-0.2, -0.15) is 0 Å². The van der Waals surface area contributed by atoms with Gasteiger partial charge in [-0.1, -0.05) is 29.8 Å². The molecule has 2 N–H and O–H groups in total. The van der Waals surface area contributed by atoms with Crippen LogP contribution in [-0.2, 0) is 10.0 Å². The van der Waals surface area contributed by atoms with Gasteiger partial charge in [0.15, 0.2) is 0 Å². The van der Waals surface area contributed by atoms with E-state index in [0.717, 1.165) is 16.7 Å². The highest BCUT2D eigenvalue weighted by Gasteiger charge is 2.16. The maximum Gasteiger partial charge on any atom is 0.261 e. The van der Waals surface area contributed by atoms with Gasteiger partial charge in [0.2, 0.25) is 0 Å². The summed E-state index contributed by atoms with van der Waals surface area (Å²) in [4.78, 5) is 12.4. The second-order valence-corrected chi connectivity index (χ2v) is 8.45. The SMILES string of the molecule is Cc1cccc(C(=O)Nc2ccc(S(=O)(=O)Nc3cc(C)ccc3C)cc2)c1. The summed E-state index contributed by atoms with van der Waals surface area (Å²) >= 11 is 0. The number of nitrogens with one attached hydrogen (secondary N) is 2. The lowest BCUT2D eigenvalue weighted by Gasteiger charge is -2.12. The van der Waals surface area contributed by atoms with Gasteiger partial charge in [-0.25, -0.2) is 8.42 Å². The number of hydrogen-bond donors (Lipinski definition) is 2. The van der Waals surface area contributed by atoms with Gasteiger partial charge in [0.25, 0.3) is 15.9 Å². The molecule has 1 amide bonds. The van der Waals surface area contributed by atoms with Gasteiger partial charge in [-0.05, 0) is 74.4 Å². The lowest BCUT2D eigenvalue weighted by atomic mass is 10.1. The van der Waals surface area contributed by atoms with Gasteiger partial charge in [-0.3, -0.25) is 9.52 Å². The van der Waals surface area contributed by atoms with E-state index in [4.69, 9.17) is 0 Å². The maximum absolute atomic E-state index is 12.7. The first kappa shape index (κ1) is 19.6. The summed E-state index contributed by atoms with van der Waals surface area (Å²) in [5.41, 5.74) is 4.43. The molecule has 0 bridgehead atoms. The van der Waals surface area contributed by atoms with E-state index < -0.39 is 10.0 Å². The first-order valence-corrected chi connectivity index (χ1v) is 10.3. The molecule has 0 spiro atoms. The summed E-state index contributed by atoms with van der Waals surface area (Å²) in [6, 6.07) is 18.9. The zero-order valence-electron chi connectivity index (χ0n) is 16.0. The minimum Gasteiger partial charge on any atom is -0.322 e. The Morgan fingerprint density at radius 3 is 2.18 bits per heavy atom. The molecule has 0 unspecified atom stereocenters. The van der Waals surface area contributed by atoms with Crippen LogP contribution in [0.3, 0.4) is 0 Å². The van der Waals surface area contributed by atoms with E-state index in [1.54, 1.807) is 30.3 Å². The molecule has 3 aromatic rings. The van der Waals surface area contributed by atoms with Crippen molar-refractivity contribution in [1.82, 2.24) is 0 Å². The molecule has 0 heterocycles. The molecule has 28 heavy (non-hydrogen) atoms. The third kappa shape index (κ3) is 4.58. The predicted molar refractivity (Wildman–Crippen MR) is 112 cm³/mol.